The van der Waals surface area contributed by atoms with E-state index in [1.54, 1.807) is 0 Å². The average molecular weight is 241 g/mol. The fourth-order valence-corrected chi connectivity index (χ4v) is 1.35. The highest BCUT2D eigenvalue weighted by Crippen LogP contribution is 2.12. The first-order valence-corrected chi connectivity index (χ1v) is 5.63. The molecule has 0 aliphatic rings. The van der Waals surface area contributed by atoms with Gasteiger partial charge in [0, 0.05) is 6.54 Å². The van der Waals surface area contributed by atoms with Crippen LogP contribution in [0.1, 0.15) is 26.7 Å². The van der Waals surface area contributed by atoms with Crippen molar-refractivity contribution in [2.45, 2.75) is 38.8 Å². The van der Waals surface area contributed by atoms with Crippen LogP contribution in [-0.4, -0.2) is 37.9 Å². The first-order valence-electron chi connectivity index (χ1n) is 5.63. The zero-order valence-electron chi connectivity index (χ0n) is 10.2. The van der Waals surface area contributed by atoms with Crippen molar-refractivity contribution in [1.29, 1.82) is 0 Å². The maximum absolute atomic E-state index is 11.5. The van der Waals surface area contributed by atoms with E-state index in [9.17, 15) is 9.90 Å². The van der Waals surface area contributed by atoms with E-state index in [0.29, 0.717) is 12.8 Å². The molecule has 0 aliphatic carbocycles. The lowest BCUT2D eigenvalue weighted by atomic mass is 9.98. The van der Waals surface area contributed by atoms with E-state index in [4.69, 9.17) is 5.73 Å². The molecule has 7 nitrogen and oxygen atoms in total. The molecule has 7 heteroatoms. The largest absolute Gasteiger partial charge is 0.388 e. The van der Waals surface area contributed by atoms with E-state index in [-0.39, 0.29) is 24.9 Å². The van der Waals surface area contributed by atoms with E-state index in [1.807, 2.05) is 13.8 Å². The third-order valence-corrected chi connectivity index (χ3v) is 2.79. The summed E-state index contributed by atoms with van der Waals surface area (Å²) in [5.41, 5.74) is 4.49. The third-order valence-electron chi connectivity index (χ3n) is 2.79. The van der Waals surface area contributed by atoms with Crippen LogP contribution in [-0.2, 0) is 11.3 Å². The predicted molar refractivity (Wildman–Crippen MR) is 63.0 cm³/mol. The molecule has 0 unspecified atom stereocenters. The SMILES string of the molecule is CCC(O)(CC)CNC(=O)Cn1cnc(N)n1. The summed E-state index contributed by atoms with van der Waals surface area (Å²) in [4.78, 5) is 15.3. The van der Waals surface area contributed by atoms with Crippen molar-refractivity contribution in [2.24, 2.45) is 0 Å². The van der Waals surface area contributed by atoms with Crippen LogP contribution in [0.5, 0.6) is 0 Å². The molecule has 0 saturated carbocycles. The normalized spacial score (nSPS) is 11.5. The van der Waals surface area contributed by atoms with Gasteiger partial charge in [-0.1, -0.05) is 13.8 Å². The smallest absolute Gasteiger partial charge is 0.241 e. The van der Waals surface area contributed by atoms with Crippen LogP contribution < -0.4 is 11.1 Å². The number of hydrogen-bond donors (Lipinski definition) is 3. The quantitative estimate of drug-likeness (QED) is 0.624. The number of aliphatic hydroxyl groups is 1. The molecule has 1 aromatic rings. The second-order valence-electron chi connectivity index (χ2n) is 4.01. The first-order chi connectivity index (χ1) is 7.99. The molecule has 96 valence electrons. The standard InChI is InChI=1S/C10H19N5O2/c1-3-10(17,4-2)6-12-8(16)5-15-7-13-9(11)14-15/h7,17H,3-6H2,1-2H3,(H2,11,14)(H,12,16). The van der Waals surface area contributed by atoms with E-state index in [0.717, 1.165) is 0 Å². The molecule has 0 fully saturated rings. The Kier molecular flexibility index (Phi) is 4.45. The minimum atomic E-state index is -0.836. The van der Waals surface area contributed by atoms with Gasteiger partial charge in [0.15, 0.2) is 0 Å². The van der Waals surface area contributed by atoms with Gasteiger partial charge in [0.1, 0.15) is 12.9 Å². The van der Waals surface area contributed by atoms with Gasteiger partial charge in [0.05, 0.1) is 5.60 Å². The van der Waals surface area contributed by atoms with Gasteiger partial charge >= 0.3 is 0 Å². The Hall–Kier alpha value is -1.63. The zero-order chi connectivity index (χ0) is 12.9. The maximum atomic E-state index is 11.5. The predicted octanol–water partition coefficient (Wildman–Crippen LogP) is -0.472. The number of nitrogens with two attached hydrogens (primary N) is 1. The van der Waals surface area contributed by atoms with Crippen molar-refractivity contribution >= 4 is 11.9 Å². The molecular weight excluding hydrogens is 222 g/mol. The molecule has 17 heavy (non-hydrogen) atoms. The number of nitrogens with one attached hydrogen (secondary N) is 1. The molecule has 0 aromatic carbocycles. The van der Waals surface area contributed by atoms with Crippen LogP contribution in [0.15, 0.2) is 6.33 Å². The van der Waals surface area contributed by atoms with Crippen molar-refractivity contribution in [3.8, 4) is 0 Å². The van der Waals surface area contributed by atoms with Gasteiger partial charge in [-0.25, -0.2) is 9.67 Å². The lowest BCUT2D eigenvalue weighted by Gasteiger charge is -2.25. The summed E-state index contributed by atoms with van der Waals surface area (Å²) in [5.74, 6) is -0.0911. The van der Waals surface area contributed by atoms with Crippen LogP contribution in [0.25, 0.3) is 0 Å². The molecular formula is C10H19N5O2. The fourth-order valence-electron chi connectivity index (χ4n) is 1.35. The number of anilines is 1. The van der Waals surface area contributed by atoms with E-state index < -0.39 is 5.60 Å². The second-order valence-corrected chi connectivity index (χ2v) is 4.01. The third kappa shape index (κ3) is 4.03. The Labute approximate surface area is 100 Å². The Bertz CT molecular complexity index is 373. The van der Waals surface area contributed by atoms with Crippen molar-refractivity contribution < 1.29 is 9.90 Å². The summed E-state index contributed by atoms with van der Waals surface area (Å²) < 4.78 is 1.35. The van der Waals surface area contributed by atoms with Gasteiger partial charge in [-0.2, -0.15) is 0 Å². The van der Waals surface area contributed by atoms with Gasteiger partial charge < -0.3 is 16.2 Å². The molecule has 1 aromatic heterocycles. The number of hydrogen-bond acceptors (Lipinski definition) is 5. The Balaban J connectivity index is 2.40. The van der Waals surface area contributed by atoms with E-state index >= 15 is 0 Å². The number of amides is 1. The van der Waals surface area contributed by atoms with E-state index in [2.05, 4.69) is 15.4 Å². The first kappa shape index (κ1) is 13.4. The molecule has 0 saturated heterocycles. The molecule has 0 bridgehead atoms. The summed E-state index contributed by atoms with van der Waals surface area (Å²) in [6.07, 6.45) is 2.58. The summed E-state index contributed by atoms with van der Waals surface area (Å²) in [6.45, 7) is 4.05. The van der Waals surface area contributed by atoms with Gasteiger partial charge in [-0.05, 0) is 12.8 Å². The van der Waals surface area contributed by atoms with Gasteiger partial charge in [0.25, 0.3) is 0 Å². The number of nitrogen functional groups attached to an aromatic ring is 1. The molecule has 0 aliphatic heterocycles. The van der Waals surface area contributed by atoms with Crippen LogP contribution in [0.2, 0.25) is 0 Å². The summed E-state index contributed by atoms with van der Waals surface area (Å²) in [6, 6.07) is 0. The number of nitrogens with zero attached hydrogens (tertiary/aromatic N) is 3. The summed E-state index contributed by atoms with van der Waals surface area (Å²) in [7, 11) is 0. The topological polar surface area (TPSA) is 106 Å². The van der Waals surface area contributed by atoms with Crippen molar-refractivity contribution in [3.63, 3.8) is 0 Å². The summed E-state index contributed by atoms with van der Waals surface area (Å²) in [5, 5.41) is 16.4. The molecule has 0 radical (unpaired) electrons. The molecule has 1 amide bonds. The Morgan fingerprint density at radius 3 is 2.71 bits per heavy atom. The Morgan fingerprint density at radius 2 is 2.24 bits per heavy atom. The summed E-state index contributed by atoms with van der Waals surface area (Å²) >= 11 is 0. The lowest BCUT2D eigenvalue weighted by molar-refractivity contribution is -0.123. The van der Waals surface area contributed by atoms with Crippen molar-refractivity contribution in [1.82, 2.24) is 20.1 Å². The monoisotopic (exact) mass is 241 g/mol. The lowest BCUT2D eigenvalue weighted by Crippen LogP contribution is -2.43. The molecule has 0 spiro atoms. The minimum Gasteiger partial charge on any atom is -0.388 e. The highest BCUT2D eigenvalue weighted by molar-refractivity contribution is 5.75. The van der Waals surface area contributed by atoms with Crippen LogP contribution >= 0.6 is 0 Å². The zero-order valence-corrected chi connectivity index (χ0v) is 10.2. The van der Waals surface area contributed by atoms with Gasteiger partial charge in [0.2, 0.25) is 11.9 Å². The van der Waals surface area contributed by atoms with Crippen LogP contribution in [0.3, 0.4) is 0 Å². The molecule has 1 rings (SSSR count). The van der Waals surface area contributed by atoms with Crippen molar-refractivity contribution in [3.05, 3.63) is 6.33 Å². The van der Waals surface area contributed by atoms with Crippen LogP contribution in [0.4, 0.5) is 5.95 Å². The Morgan fingerprint density at radius 1 is 1.59 bits per heavy atom. The molecule has 4 N–H and O–H groups in total. The minimum absolute atomic E-state index is 0.0493. The average Bonchev–Trinajstić information content (AvgIpc) is 2.72. The fraction of sp³-hybridized carbons (Fsp3) is 0.700. The highest BCUT2D eigenvalue weighted by atomic mass is 16.3. The number of rotatable bonds is 6. The van der Waals surface area contributed by atoms with E-state index in [1.165, 1.54) is 11.0 Å². The van der Waals surface area contributed by atoms with Gasteiger partial charge in [-0.3, -0.25) is 4.79 Å². The second kappa shape index (κ2) is 5.62. The maximum Gasteiger partial charge on any atom is 0.241 e. The van der Waals surface area contributed by atoms with Crippen molar-refractivity contribution in [2.75, 3.05) is 12.3 Å². The van der Waals surface area contributed by atoms with Gasteiger partial charge in [-0.15, -0.1) is 5.10 Å². The number of aromatic nitrogens is 3. The van der Waals surface area contributed by atoms with Crippen LogP contribution in [0, 0.1) is 0 Å². The molecule has 0 atom stereocenters. The number of carbonyl (C=O) groups excluding carboxylic acids is 1. The highest BCUT2D eigenvalue weighted by Gasteiger charge is 2.22. The molecule has 1 heterocycles. The number of carbonyl (C=O) groups is 1.